The number of nitrogens with one attached hydrogen (secondary N) is 1. The monoisotopic (exact) mass is 250 g/mol. The molecule has 0 saturated carbocycles. The third-order valence-corrected chi connectivity index (χ3v) is 3.04. The maximum Gasteiger partial charge on any atom is 0.127 e. The number of hydrogen-bond donors (Lipinski definition) is 2. The number of benzene rings is 1. The first-order valence-electron chi connectivity index (χ1n) is 6.21. The van der Waals surface area contributed by atoms with Crippen LogP contribution in [0.4, 0.5) is 4.39 Å². The Labute approximate surface area is 107 Å². The Morgan fingerprint density at radius 1 is 1.50 bits per heavy atom. The molecule has 0 aliphatic heterocycles. The van der Waals surface area contributed by atoms with Crippen LogP contribution in [0, 0.1) is 23.1 Å². The molecule has 3 nitrogen and oxygen atoms in total. The average molecular weight is 250 g/mol. The molecule has 0 fully saturated rings. The number of rotatable bonds is 7. The molecule has 0 aromatic heterocycles. The lowest BCUT2D eigenvalue weighted by Gasteiger charge is -2.14. The van der Waals surface area contributed by atoms with Gasteiger partial charge in [-0.2, -0.15) is 5.26 Å². The van der Waals surface area contributed by atoms with Crippen LogP contribution >= 0.6 is 0 Å². The molecule has 0 amide bonds. The molecule has 0 aliphatic carbocycles. The average Bonchev–Trinajstić information content (AvgIpc) is 2.39. The third-order valence-electron chi connectivity index (χ3n) is 3.04. The lowest BCUT2D eigenvalue weighted by atomic mass is 10.0. The van der Waals surface area contributed by atoms with E-state index in [1.807, 2.05) is 6.07 Å². The van der Waals surface area contributed by atoms with Crippen LogP contribution in [0.25, 0.3) is 0 Å². The number of hydrogen-bond acceptors (Lipinski definition) is 3. The van der Waals surface area contributed by atoms with Crippen molar-refractivity contribution in [2.24, 2.45) is 5.92 Å². The summed E-state index contributed by atoms with van der Waals surface area (Å²) in [6.07, 6.45) is 1.73. The molecule has 0 aliphatic rings. The maximum atomic E-state index is 13.5. The van der Waals surface area contributed by atoms with Gasteiger partial charge in [-0.1, -0.05) is 13.3 Å². The van der Waals surface area contributed by atoms with E-state index >= 15 is 0 Å². The van der Waals surface area contributed by atoms with Crippen molar-refractivity contribution in [3.8, 4) is 6.07 Å². The van der Waals surface area contributed by atoms with E-state index in [4.69, 9.17) is 10.4 Å². The Hall–Kier alpha value is -1.44. The summed E-state index contributed by atoms with van der Waals surface area (Å²) in [5.74, 6) is 0.105. The fraction of sp³-hybridized carbons (Fsp3) is 0.500. The van der Waals surface area contributed by atoms with Crippen LogP contribution in [-0.4, -0.2) is 18.3 Å². The van der Waals surface area contributed by atoms with E-state index < -0.39 is 0 Å². The highest BCUT2D eigenvalue weighted by Gasteiger charge is 2.07. The SMILES string of the molecule is CCC(CCO)CNCc1cc(C#N)ccc1F. The van der Waals surface area contributed by atoms with Crippen LogP contribution in [0.2, 0.25) is 0 Å². The fourth-order valence-corrected chi connectivity index (χ4v) is 1.82. The molecule has 98 valence electrons. The Bertz CT molecular complexity index is 415. The predicted octanol–water partition coefficient (Wildman–Crippen LogP) is 2.20. The Morgan fingerprint density at radius 2 is 2.28 bits per heavy atom. The number of halogens is 1. The molecule has 1 aromatic rings. The maximum absolute atomic E-state index is 13.5. The number of nitrogens with zero attached hydrogens (tertiary/aromatic N) is 1. The fourth-order valence-electron chi connectivity index (χ4n) is 1.82. The molecular formula is C14H19FN2O. The summed E-state index contributed by atoms with van der Waals surface area (Å²) in [6.45, 7) is 3.40. The summed E-state index contributed by atoms with van der Waals surface area (Å²) >= 11 is 0. The number of nitriles is 1. The predicted molar refractivity (Wildman–Crippen MR) is 68.3 cm³/mol. The van der Waals surface area contributed by atoms with Crippen molar-refractivity contribution in [2.75, 3.05) is 13.2 Å². The summed E-state index contributed by atoms with van der Waals surface area (Å²) in [7, 11) is 0. The van der Waals surface area contributed by atoms with E-state index in [0.29, 0.717) is 23.6 Å². The molecule has 18 heavy (non-hydrogen) atoms. The summed E-state index contributed by atoms with van der Waals surface area (Å²) in [4.78, 5) is 0. The molecule has 0 radical (unpaired) electrons. The van der Waals surface area contributed by atoms with E-state index in [0.717, 1.165) is 19.4 Å². The lowest BCUT2D eigenvalue weighted by molar-refractivity contribution is 0.251. The van der Waals surface area contributed by atoms with E-state index in [2.05, 4.69) is 12.2 Å². The van der Waals surface area contributed by atoms with Crippen LogP contribution in [-0.2, 0) is 6.54 Å². The Balaban J connectivity index is 2.50. The molecule has 0 spiro atoms. The minimum atomic E-state index is -0.295. The van der Waals surface area contributed by atoms with Gasteiger partial charge in [0.25, 0.3) is 0 Å². The van der Waals surface area contributed by atoms with Gasteiger partial charge in [0, 0.05) is 18.7 Å². The summed E-state index contributed by atoms with van der Waals surface area (Å²) in [6, 6.07) is 6.35. The second-order valence-electron chi connectivity index (χ2n) is 4.34. The molecular weight excluding hydrogens is 231 g/mol. The molecule has 2 N–H and O–H groups in total. The largest absolute Gasteiger partial charge is 0.396 e. The molecule has 1 unspecified atom stereocenters. The molecule has 0 heterocycles. The van der Waals surface area contributed by atoms with Gasteiger partial charge in [-0.3, -0.25) is 0 Å². The van der Waals surface area contributed by atoms with Crippen molar-refractivity contribution in [1.29, 1.82) is 5.26 Å². The van der Waals surface area contributed by atoms with Gasteiger partial charge in [-0.25, -0.2) is 4.39 Å². The van der Waals surface area contributed by atoms with Gasteiger partial charge in [-0.05, 0) is 37.1 Å². The van der Waals surface area contributed by atoms with Gasteiger partial charge in [-0.15, -0.1) is 0 Å². The standard InChI is InChI=1S/C14H19FN2O/c1-2-11(5-6-18)9-17-10-13-7-12(8-16)3-4-14(13)15/h3-4,7,11,17-18H,2,5-6,9-10H2,1H3. The second kappa shape index (κ2) is 7.80. The minimum Gasteiger partial charge on any atom is -0.396 e. The second-order valence-corrected chi connectivity index (χ2v) is 4.34. The van der Waals surface area contributed by atoms with Crippen LogP contribution < -0.4 is 5.32 Å². The van der Waals surface area contributed by atoms with Gasteiger partial charge in [0.2, 0.25) is 0 Å². The molecule has 0 saturated heterocycles. The van der Waals surface area contributed by atoms with E-state index in [1.54, 1.807) is 6.07 Å². The van der Waals surface area contributed by atoms with Crippen LogP contribution in [0.15, 0.2) is 18.2 Å². The smallest absolute Gasteiger partial charge is 0.127 e. The topological polar surface area (TPSA) is 56.0 Å². The normalized spacial score (nSPS) is 12.1. The quantitative estimate of drug-likeness (QED) is 0.780. The van der Waals surface area contributed by atoms with Crippen molar-refractivity contribution in [1.82, 2.24) is 5.32 Å². The first kappa shape index (κ1) is 14.6. The number of aliphatic hydroxyl groups is 1. The van der Waals surface area contributed by atoms with Crippen molar-refractivity contribution in [2.45, 2.75) is 26.3 Å². The highest BCUT2D eigenvalue weighted by molar-refractivity contribution is 5.33. The zero-order valence-corrected chi connectivity index (χ0v) is 10.6. The van der Waals surface area contributed by atoms with Crippen LogP contribution in [0.1, 0.15) is 30.9 Å². The van der Waals surface area contributed by atoms with Gasteiger partial charge in [0.1, 0.15) is 5.82 Å². The third kappa shape index (κ3) is 4.44. The van der Waals surface area contributed by atoms with Crippen LogP contribution in [0.3, 0.4) is 0 Å². The van der Waals surface area contributed by atoms with E-state index in [9.17, 15) is 4.39 Å². The first-order valence-corrected chi connectivity index (χ1v) is 6.21. The van der Waals surface area contributed by atoms with Crippen molar-refractivity contribution >= 4 is 0 Å². The zero-order valence-electron chi connectivity index (χ0n) is 10.6. The molecule has 1 rings (SSSR count). The van der Waals surface area contributed by atoms with E-state index in [-0.39, 0.29) is 12.4 Å². The molecule has 1 aromatic carbocycles. The van der Waals surface area contributed by atoms with Gasteiger partial charge < -0.3 is 10.4 Å². The lowest BCUT2D eigenvalue weighted by Crippen LogP contribution is -2.23. The summed E-state index contributed by atoms with van der Waals surface area (Å²) in [5, 5.41) is 20.8. The summed E-state index contributed by atoms with van der Waals surface area (Å²) in [5.41, 5.74) is 0.975. The first-order chi connectivity index (χ1) is 8.71. The molecule has 0 bridgehead atoms. The van der Waals surface area contributed by atoms with E-state index in [1.165, 1.54) is 12.1 Å². The van der Waals surface area contributed by atoms with Crippen molar-refractivity contribution in [3.63, 3.8) is 0 Å². The Kier molecular flexibility index (Phi) is 6.34. The van der Waals surface area contributed by atoms with Gasteiger partial charge >= 0.3 is 0 Å². The highest BCUT2D eigenvalue weighted by Crippen LogP contribution is 2.11. The Morgan fingerprint density at radius 3 is 2.89 bits per heavy atom. The highest BCUT2D eigenvalue weighted by atomic mass is 19.1. The molecule has 1 atom stereocenters. The minimum absolute atomic E-state index is 0.179. The summed E-state index contributed by atoms with van der Waals surface area (Å²) < 4.78 is 13.5. The number of aliphatic hydroxyl groups excluding tert-OH is 1. The van der Waals surface area contributed by atoms with Crippen LogP contribution in [0.5, 0.6) is 0 Å². The zero-order chi connectivity index (χ0) is 13.4. The van der Waals surface area contributed by atoms with Gasteiger partial charge in [0.15, 0.2) is 0 Å². The van der Waals surface area contributed by atoms with Crippen molar-refractivity contribution in [3.05, 3.63) is 35.1 Å². The van der Waals surface area contributed by atoms with Crippen molar-refractivity contribution < 1.29 is 9.50 Å². The molecule has 4 heteroatoms. The van der Waals surface area contributed by atoms with Gasteiger partial charge in [0.05, 0.1) is 11.6 Å².